The van der Waals surface area contributed by atoms with Crippen molar-refractivity contribution in [2.45, 2.75) is 32.2 Å². The third-order valence-corrected chi connectivity index (χ3v) is 2.73. The lowest BCUT2D eigenvalue weighted by molar-refractivity contribution is -0.142. The van der Waals surface area contributed by atoms with Gasteiger partial charge in [-0.05, 0) is 25.5 Å². The van der Waals surface area contributed by atoms with Crippen molar-refractivity contribution in [2.24, 2.45) is 0 Å². The summed E-state index contributed by atoms with van der Waals surface area (Å²) in [6.07, 6.45) is 1.47. The van der Waals surface area contributed by atoms with Crippen LogP contribution in [0.3, 0.4) is 0 Å². The summed E-state index contributed by atoms with van der Waals surface area (Å²) in [6.45, 7) is 3.57. The lowest BCUT2D eigenvalue weighted by Gasteiger charge is -2.28. The molecule has 17 heavy (non-hydrogen) atoms. The Bertz CT molecular complexity index is 376. The van der Waals surface area contributed by atoms with Crippen molar-refractivity contribution in [1.29, 1.82) is 0 Å². The summed E-state index contributed by atoms with van der Waals surface area (Å²) in [5, 5.41) is 10.4. The van der Waals surface area contributed by atoms with Crippen LogP contribution in [0.2, 0.25) is 0 Å². The Morgan fingerprint density at radius 2 is 2.06 bits per heavy atom. The highest BCUT2D eigenvalue weighted by Crippen LogP contribution is 2.30. The molecule has 1 atom stereocenters. The molecule has 1 aromatic rings. The second kappa shape index (κ2) is 5.44. The molecule has 3 N–H and O–H groups in total. The normalized spacial score (nSPS) is 14.9. The molecule has 1 heterocycles. The number of aliphatic hydroxyl groups is 1. The second-order valence-electron chi connectivity index (χ2n) is 4.32. The molecule has 0 aliphatic heterocycles. The predicted molar refractivity (Wildman–Crippen MR) is 65.4 cm³/mol. The van der Waals surface area contributed by atoms with Crippen molar-refractivity contribution in [3.05, 3.63) is 23.4 Å². The number of nitrogen functional groups attached to an aromatic ring is 1. The summed E-state index contributed by atoms with van der Waals surface area (Å²) in [6, 6.07) is 1.82. The first-order valence-electron chi connectivity index (χ1n) is 5.41. The molecule has 0 amide bonds. The van der Waals surface area contributed by atoms with Gasteiger partial charge in [-0.3, -0.25) is 0 Å². The van der Waals surface area contributed by atoms with E-state index in [2.05, 4.69) is 4.98 Å². The standard InChI is InChI=1S/C12H20N2O3/c1-8-5-9(11(13)14-7-8)12(2,15)6-10(16-3)17-4/h5,7,10,15H,6H2,1-4H3,(H2,13,14). The van der Waals surface area contributed by atoms with Gasteiger partial charge < -0.3 is 20.3 Å². The van der Waals surface area contributed by atoms with Gasteiger partial charge in [-0.1, -0.05) is 0 Å². The number of nitrogens with two attached hydrogens (primary N) is 1. The average Bonchev–Trinajstić information content (AvgIpc) is 2.29. The number of anilines is 1. The van der Waals surface area contributed by atoms with Gasteiger partial charge in [0.05, 0.1) is 5.60 Å². The lowest BCUT2D eigenvalue weighted by atomic mass is 9.92. The topological polar surface area (TPSA) is 77.6 Å². The van der Waals surface area contributed by atoms with Gasteiger partial charge in [0.2, 0.25) is 0 Å². The van der Waals surface area contributed by atoms with Gasteiger partial charge in [0, 0.05) is 32.4 Å². The smallest absolute Gasteiger partial charge is 0.159 e. The minimum Gasteiger partial charge on any atom is -0.385 e. The zero-order chi connectivity index (χ0) is 13.1. The highest BCUT2D eigenvalue weighted by Gasteiger charge is 2.30. The highest BCUT2D eigenvalue weighted by atomic mass is 16.7. The van der Waals surface area contributed by atoms with E-state index >= 15 is 0 Å². The summed E-state index contributed by atoms with van der Waals surface area (Å²) in [4.78, 5) is 4.04. The van der Waals surface area contributed by atoms with Crippen LogP contribution in [0.25, 0.3) is 0 Å². The Balaban J connectivity index is 2.99. The largest absolute Gasteiger partial charge is 0.385 e. The van der Waals surface area contributed by atoms with E-state index in [9.17, 15) is 5.11 Å². The summed E-state index contributed by atoms with van der Waals surface area (Å²) in [5.74, 6) is 0.326. The third kappa shape index (κ3) is 3.39. The van der Waals surface area contributed by atoms with Gasteiger partial charge >= 0.3 is 0 Å². The molecule has 1 aromatic heterocycles. The minimum atomic E-state index is -1.14. The fraction of sp³-hybridized carbons (Fsp3) is 0.583. The van der Waals surface area contributed by atoms with Crippen molar-refractivity contribution >= 4 is 5.82 Å². The fourth-order valence-corrected chi connectivity index (χ4v) is 1.71. The van der Waals surface area contributed by atoms with Gasteiger partial charge in [0.25, 0.3) is 0 Å². The molecule has 5 heteroatoms. The van der Waals surface area contributed by atoms with Gasteiger partial charge in [-0.2, -0.15) is 0 Å². The van der Waals surface area contributed by atoms with Crippen molar-refractivity contribution in [2.75, 3.05) is 20.0 Å². The number of hydrogen-bond acceptors (Lipinski definition) is 5. The van der Waals surface area contributed by atoms with Crippen LogP contribution in [-0.2, 0) is 15.1 Å². The van der Waals surface area contributed by atoms with E-state index in [1.165, 1.54) is 14.2 Å². The molecule has 5 nitrogen and oxygen atoms in total. The number of nitrogens with zero attached hydrogens (tertiary/aromatic N) is 1. The van der Waals surface area contributed by atoms with Crippen LogP contribution in [0, 0.1) is 6.92 Å². The maximum absolute atomic E-state index is 10.4. The maximum Gasteiger partial charge on any atom is 0.159 e. The number of aryl methyl sites for hydroxylation is 1. The molecule has 0 radical (unpaired) electrons. The molecule has 1 rings (SSSR count). The zero-order valence-electron chi connectivity index (χ0n) is 10.7. The van der Waals surface area contributed by atoms with Crippen LogP contribution in [0.1, 0.15) is 24.5 Å². The van der Waals surface area contributed by atoms with Crippen LogP contribution >= 0.6 is 0 Å². The van der Waals surface area contributed by atoms with Crippen LogP contribution in [0.4, 0.5) is 5.82 Å². The van der Waals surface area contributed by atoms with Crippen LogP contribution in [0.5, 0.6) is 0 Å². The molecule has 0 fully saturated rings. The van der Waals surface area contributed by atoms with Gasteiger partial charge in [-0.25, -0.2) is 4.98 Å². The predicted octanol–water partition coefficient (Wildman–Crippen LogP) is 1.19. The first-order chi connectivity index (χ1) is 7.90. The Labute approximate surface area is 102 Å². The second-order valence-corrected chi connectivity index (χ2v) is 4.32. The highest BCUT2D eigenvalue weighted by molar-refractivity contribution is 5.44. The van der Waals surface area contributed by atoms with E-state index in [1.54, 1.807) is 13.1 Å². The van der Waals surface area contributed by atoms with Gasteiger partial charge in [0.1, 0.15) is 5.82 Å². The molecule has 96 valence electrons. The number of methoxy groups -OCH3 is 2. The molecule has 0 saturated carbocycles. The Hall–Kier alpha value is -1.17. The van der Waals surface area contributed by atoms with E-state index in [0.29, 0.717) is 11.4 Å². The average molecular weight is 240 g/mol. The number of ether oxygens (including phenoxy) is 2. The van der Waals surface area contributed by atoms with Gasteiger partial charge in [0.15, 0.2) is 6.29 Å². The van der Waals surface area contributed by atoms with E-state index in [4.69, 9.17) is 15.2 Å². The van der Waals surface area contributed by atoms with Crippen molar-refractivity contribution in [3.63, 3.8) is 0 Å². The summed E-state index contributed by atoms with van der Waals surface area (Å²) in [5.41, 5.74) is 6.18. The maximum atomic E-state index is 10.4. The fourth-order valence-electron chi connectivity index (χ4n) is 1.71. The summed E-state index contributed by atoms with van der Waals surface area (Å²) < 4.78 is 10.2. The van der Waals surface area contributed by atoms with E-state index in [0.717, 1.165) is 5.56 Å². The first-order valence-corrected chi connectivity index (χ1v) is 5.41. The Kier molecular flexibility index (Phi) is 4.45. The number of aromatic nitrogens is 1. The number of pyridine rings is 1. The zero-order valence-corrected chi connectivity index (χ0v) is 10.7. The minimum absolute atomic E-state index is 0.287. The molecule has 0 aromatic carbocycles. The molecule has 0 aliphatic carbocycles. The van der Waals surface area contributed by atoms with Crippen LogP contribution in [-0.4, -0.2) is 30.6 Å². The monoisotopic (exact) mass is 240 g/mol. The molecular formula is C12H20N2O3. The quantitative estimate of drug-likeness (QED) is 0.756. The molecule has 0 bridgehead atoms. The van der Waals surface area contributed by atoms with E-state index in [1.807, 2.05) is 13.0 Å². The van der Waals surface area contributed by atoms with Crippen molar-refractivity contribution in [3.8, 4) is 0 Å². The molecule has 1 unspecified atom stereocenters. The molecular weight excluding hydrogens is 220 g/mol. The Morgan fingerprint density at radius 3 is 2.59 bits per heavy atom. The van der Waals surface area contributed by atoms with Crippen LogP contribution < -0.4 is 5.73 Å². The molecule has 0 aliphatic rings. The van der Waals surface area contributed by atoms with Crippen molar-refractivity contribution in [1.82, 2.24) is 4.98 Å². The number of hydrogen-bond donors (Lipinski definition) is 2. The molecule has 0 saturated heterocycles. The summed E-state index contributed by atoms with van der Waals surface area (Å²) in [7, 11) is 3.06. The third-order valence-electron chi connectivity index (χ3n) is 2.73. The van der Waals surface area contributed by atoms with Gasteiger partial charge in [-0.15, -0.1) is 0 Å². The number of rotatable bonds is 5. The van der Waals surface area contributed by atoms with Crippen molar-refractivity contribution < 1.29 is 14.6 Å². The Morgan fingerprint density at radius 1 is 1.47 bits per heavy atom. The SMILES string of the molecule is COC(CC(C)(O)c1cc(C)cnc1N)OC. The summed E-state index contributed by atoms with van der Waals surface area (Å²) >= 11 is 0. The lowest BCUT2D eigenvalue weighted by Crippen LogP contribution is -2.30. The van der Waals surface area contributed by atoms with Crippen LogP contribution in [0.15, 0.2) is 12.3 Å². The van der Waals surface area contributed by atoms with E-state index < -0.39 is 11.9 Å². The molecule has 0 spiro atoms. The van der Waals surface area contributed by atoms with E-state index in [-0.39, 0.29) is 6.42 Å². The first kappa shape index (κ1) is 13.9.